The molecule has 0 atom stereocenters. The van der Waals surface area contributed by atoms with Crippen LogP contribution in [0.3, 0.4) is 0 Å². The summed E-state index contributed by atoms with van der Waals surface area (Å²) in [5.41, 5.74) is 2.25. The van der Waals surface area contributed by atoms with Gasteiger partial charge in [-0.3, -0.25) is 0 Å². The van der Waals surface area contributed by atoms with Gasteiger partial charge in [-0.15, -0.1) is 0 Å². The van der Waals surface area contributed by atoms with Crippen molar-refractivity contribution < 1.29 is 12.8 Å². The number of benzene rings is 2. The quantitative estimate of drug-likeness (QED) is 0.466. The van der Waals surface area contributed by atoms with E-state index in [9.17, 15) is 13.7 Å². The molecular weight excluding hydrogens is 448 g/mol. The molecule has 0 spiro atoms. The molecule has 34 heavy (non-hydrogen) atoms. The van der Waals surface area contributed by atoms with E-state index in [1.54, 1.807) is 24.3 Å². The van der Waals surface area contributed by atoms with Gasteiger partial charge in [0.15, 0.2) is 0 Å². The first kappa shape index (κ1) is 24.0. The lowest BCUT2D eigenvalue weighted by Gasteiger charge is -2.31. The summed E-state index contributed by atoms with van der Waals surface area (Å²) in [6, 6.07) is 19.2. The smallest absolute Gasteiger partial charge is 0.243 e. The van der Waals surface area contributed by atoms with Crippen LogP contribution in [0, 0.1) is 17.2 Å². The molecule has 0 saturated carbocycles. The maximum atomic E-state index is 12.7. The van der Waals surface area contributed by atoms with E-state index >= 15 is 0 Å². The fraction of sp³-hybridized carbons (Fsp3) is 0.385. The van der Waals surface area contributed by atoms with Gasteiger partial charge in [0.1, 0.15) is 6.07 Å². The predicted octanol–water partition coefficient (Wildman–Crippen LogP) is 4.70. The van der Waals surface area contributed by atoms with E-state index < -0.39 is 10.0 Å². The monoisotopic (exact) mass is 478 g/mol. The summed E-state index contributed by atoms with van der Waals surface area (Å²) in [5.74, 6) is 1.42. The van der Waals surface area contributed by atoms with Crippen molar-refractivity contribution in [2.24, 2.45) is 5.92 Å². The van der Waals surface area contributed by atoms with Crippen LogP contribution >= 0.6 is 0 Å². The molecule has 0 unspecified atom stereocenters. The number of oxazole rings is 1. The van der Waals surface area contributed by atoms with Gasteiger partial charge in [-0.2, -0.15) is 14.6 Å². The lowest BCUT2D eigenvalue weighted by molar-refractivity contribution is 0.389. The average molecular weight is 479 g/mol. The molecule has 1 saturated heterocycles. The molecule has 178 valence electrons. The fourth-order valence-electron chi connectivity index (χ4n) is 4.49. The number of nitrogens with zero attached hydrogens (tertiary/aromatic N) is 4. The molecule has 1 aliphatic rings. The summed E-state index contributed by atoms with van der Waals surface area (Å²) in [7, 11) is -3.53. The zero-order chi connectivity index (χ0) is 24.1. The molecule has 0 aliphatic carbocycles. The van der Waals surface area contributed by atoms with E-state index in [2.05, 4.69) is 40.2 Å². The molecule has 1 fully saturated rings. The highest BCUT2D eigenvalue weighted by Gasteiger charge is 2.26. The lowest BCUT2D eigenvalue weighted by atomic mass is 9.90. The highest BCUT2D eigenvalue weighted by molar-refractivity contribution is 7.89. The molecule has 0 N–H and O–H groups in total. The second kappa shape index (κ2) is 10.4. The molecule has 3 aromatic rings. The maximum absolute atomic E-state index is 12.7. The van der Waals surface area contributed by atoms with Gasteiger partial charge in [0.25, 0.3) is 0 Å². The van der Waals surface area contributed by atoms with Gasteiger partial charge in [0, 0.05) is 31.7 Å². The number of rotatable bonds is 8. The van der Waals surface area contributed by atoms with Crippen molar-refractivity contribution in [1.82, 2.24) is 9.29 Å². The third kappa shape index (κ3) is 5.01. The minimum absolute atomic E-state index is 0.229. The normalized spacial score (nSPS) is 14.9. The van der Waals surface area contributed by atoms with Crippen molar-refractivity contribution in [1.29, 1.82) is 5.26 Å². The minimum atomic E-state index is -3.53. The van der Waals surface area contributed by atoms with Crippen molar-refractivity contribution in [3.05, 3.63) is 65.9 Å². The Morgan fingerprint density at radius 1 is 1.06 bits per heavy atom. The van der Waals surface area contributed by atoms with Gasteiger partial charge < -0.3 is 9.32 Å². The highest BCUT2D eigenvalue weighted by Crippen LogP contribution is 2.32. The Morgan fingerprint density at radius 2 is 1.71 bits per heavy atom. The topological polar surface area (TPSA) is 90.4 Å². The van der Waals surface area contributed by atoms with Gasteiger partial charge in [-0.25, -0.2) is 8.42 Å². The zero-order valence-electron chi connectivity index (χ0n) is 19.6. The Hall–Kier alpha value is -3.15. The van der Waals surface area contributed by atoms with E-state index in [-0.39, 0.29) is 10.6 Å². The summed E-state index contributed by atoms with van der Waals surface area (Å²) in [5, 5.41) is 9.64. The number of anilines is 1. The number of hydrogen-bond donors (Lipinski definition) is 0. The molecular formula is C26H30N4O3S. The van der Waals surface area contributed by atoms with Crippen LogP contribution in [-0.4, -0.2) is 43.9 Å². The fourth-order valence-corrected chi connectivity index (χ4v) is 5.95. The molecule has 7 nitrogen and oxygen atoms in total. The van der Waals surface area contributed by atoms with Crippen molar-refractivity contribution >= 4 is 15.9 Å². The third-order valence-electron chi connectivity index (χ3n) is 6.43. The SMILES string of the molecule is CCN(CC)S(=O)(=O)c1ccc(-c2nc(C#N)c(N3CCC(Cc4ccccc4)CC3)o2)cc1. The first-order valence-corrected chi connectivity index (χ1v) is 13.2. The molecule has 0 amide bonds. The average Bonchev–Trinajstić information content (AvgIpc) is 3.30. The Morgan fingerprint density at radius 3 is 2.29 bits per heavy atom. The largest absolute Gasteiger partial charge is 0.419 e. The zero-order valence-corrected chi connectivity index (χ0v) is 20.5. The van der Waals surface area contributed by atoms with Crippen LogP contribution < -0.4 is 4.90 Å². The second-order valence-corrected chi connectivity index (χ2v) is 10.5. The van der Waals surface area contributed by atoms with Crippen LogP contribution in [-0.2, 0) is 16.4 Å². The standard InChI is InChI=1S/C26H30N4O3S/c1-3-30(4-2)34(31,32)23-12-10-22(11-13-23)25-28-24(19-27)26(33-25)29-16-14-21(15-17-29)18-20-8-6-5-7-9-20/h5-13,21H,3-4,14-18H2,1-2H3. The number of piperidine rings is 1. The van der Waals surface area contributed by atoms with Crippen molar-refractivity contribution in [3.8, 4) is 17.5 Å². The summed E-state index contributed by atoms with van der Waals surface area (Å²) >= 11 is 0. The first-order valence-electron chi connectivity index (χ1n) is 11.8. The Labute approximate surface area is 201 Å². The van der Waals surface area contributed by atoms with Crippen molar-refractivity contribution in [2.45, 2.75) is 38.0 Å². The predicted molar refractivity (Wildman–Crippen MR) is 132 cm³/mol. The van der Waals surface area contributed by atoms with E-state index in [1.807, 2.05) is 19.9 Å². The minimum Gasteiger partial charge on any atom is -0.419 e. The molecule has 2 aromatic carbocycles. The lowest BCUT2D eigenvalue weighted by Crippen LogP contribution is -2.34. The van der Waals surface area contributed by atoms with E-state index in [0.717, 1.165) is 32.4 Å². The van der Waals surface area contributed by atoms with Crippen LogP contribution in [0.4, 0.5) is 5.88 Å². The number of hydrogen-bond acceptors (Lipinski definition) is 6. The molecule has 1 aromatic heterocycles. The first-order chi connectivity index (χ1) is 16.5. The van der Waals surface area contributed by atoms with Crippen LogP contribution in [0.25, 0.3) is 11.5 Å². The molecule has 0 bridgehead atoms. The number of nitriles is 1. The maximum Gasteiger partial charge on any atom is 0.243 e. The Balaban J connectivity index is 1.48. The molecule has 8 heteroatoms. The van der Waals surface area contributed by atoms with Gasteiger partial charge in [0.2, 0.25) is 27.5 Å². The summed E-state index contributed by atoms with van der Waals surface area (Å²) in [6.45, 7) is 6.08. The van der Waals surface area contributed by atoms with Gasteiger partial charge in [0.05, 0.1) is 4.90 Å². The van der Waals surface area contributed by atoms with E-state index in [4.69, 9.17) is 4.42 Å². The highest BCUT2D eigenvalue weighted by atomic mass is 32.2. The summed E-state index contributed by atoms with van der Waals surface area (Å²) < 4.78 is 32.9. The Bertz CT molecular complexity index is 1240. The third-order valence-corrected chi connectivity index (χ3v) is 8.49. The van der Waals surface area contributed by atoms with E-state index in [1.165, 1.54) is 9.87 Å². The Kier molecular flexibility index (Phi) is 7.35. The summed E-state index contributed by atoms with van der Waals surface area (Å²) in [4.78, 5) is 6.71. The second-order valence-electron chi connectivity index (χ2n) is 8.52. The van der Waals surface area contributed by atoms with Crippen LogP contribution in [0.1, 0.15) is 37.9 Å². The molecule has 1 aliphatic heterocycles. The molecule has 2 heterocycles. The van der Waals surface area contributed by atoms with Gasteiger partial charge in [-0.05, 0) is 55.0 Å². The van der Waals surface area contributed by atoms with Crippen molar-refractivity contribution in [2.75, 3.05) is 31.1 Å². The van der Waals surface area contributed by atoms with E-state index in [0.29, 0.717) is 36.3 Å². The number of aromatic nitrogens is 1. The van der Waals surface area contributed by atoms with Crippen LogP contribution in [0.5, 0.6) is 0 Å². The number of sulfonamides is 1. The van der Waals surface area contributed by atoms with Gasteiger partial charge >= 0.3 is 0 Å². The van der Waals surface area contributed by atoms with Crippen LogP contribution in [0.2, 0.25) is 0 Å². The molecule has 0 radical (unpaired) electrons. The van der Waals surface area contributed by atoms with Crippen LogP contribution in [0.15, 0.2) is 63.9 Å². The van der Waals surface area contributed by atoms with Gasteiger partial charge in [-0.1, -0.05) is 44.2 Å². The molecule has 4 rings (SSSR count). The van der Waals surface area contributed by atoms with Crippen molar-refractivity contribution in [3.63, 3.8) is 0 Å². The summed E-state index contributed by atoms with van der Waals surface area (Å²) in [6.07, 6.45) is 3.10.